The number of nitrogens with one attached hydrogen (secondary N) is 3. The van der Waals surface area contributed by atoms with Gasteiger partial charge in [0.05, 0.1) is 49.4 Å². The lowest BCUT2D eigenvalue weighted by molar-refractivity contribution is -0.134. The Hall–Kier alpha value is -6.49. The summed E-state index contributed by atoms with van der Waals surface area (Å²) >= 11 is 0. The van der Waals surface area contributed by atoms with E-state index in [0.29, 0.717) is 24.4 Å². The highest BCUT2D eigenvalue weighted by atomic mass is 16.5. The third kappa shape index (κ3) is 7.64. The molecule has 3 N–H and O–H groups in total. The molecule has 4 heterocycles. The molecule has 0 unspecified atom stereocenters. The predicted molar refractivity (Wildman–Crippen MR) is 209 cm³/mol. The second kappa shape index (κ2) is 15.9. The number of aromatic nitrogens is 4. The highest BCUT2D eigenvalue weighted by Crippen LogP contribution is 2.35. The number of carbonyl (C=O) groups excluding carboxylic acids is 3. The monoisotopic (exact) mass is 733 g/mol. The molecule has 11 nitrogen and oxygen atoms in total. The number of methoxy groups -OCH3 is 1. The van der Waals surface area contributed by atoms with Crippen molar-refractivity contribution in [3.05, 3.63) is 144 Å². The van der Waals surface area contributed by atoms with Crippen molar-refractivity contribution in [1.82, 2.24) is 35.1 Å². The van der Waals surface area contributed by atoms with E-state index >= 15 is 0 Å². The Morgan fingerprint density at radius 1 is 0.691 bits per heavy atom. The Kier molecular flexibility index (Phi) is 10.2. The standard InChI is InChI=1S/C44H43N7O4/c1-55-44(54)49-40(34-12-6-3-7-13-34)43(53)51-25-9-15-38(51)42-46-28-36(48-42)33-22-18-31(19-23-33)30-16-20-32(21-17-30)35-27-45-41(47-35)37-14-8-24-50(37)39(52)26-29-10-4-2-5-11-29/h2-7,10-13,16-23,27-28,37-38,40H,8-9,14-15,24-26H2,1H3,(H,45,47)(H,46,48)(H,49,54)/t37-,38-,40+/m0/s1. The van der Waals surface area contributed by atoms with Crippen LogP contribution in [0.2, 0.25) is 0 Å². The fourth-order valence-corrected chi connectivity index (χ4v) is 7.80. The summed E-state index contributed by atoms with van der Waals surface area (Å²) in [4.78, 5) is 59.4. The first kappa shape index (κ1) is 35.5. The normalized spacial score (nSPS) is 17.3. The molecule has 2 aliphatic heterocycles. The third-order valence-electron chi connectivity index (χ3n) is 10.7. The summed E-state index contributed by atoms with van der Waals surface area (Å²) in [6.07, 6.45) is 6.85. The molecular weight excluding hydrogens is 691 g/mol. The SMILES string of the molecule is COC(=O)N[C@@H](C(=O)N1CCC[C@H]1c1ncc(-c2ccc(-c3ccc(-c4cnc([C@@H]5CCCN5C(=O)Cc5ccccc5)[nH]4)cc3)cc2)[nH]1)c1ccccc1. The minimum atomic E-state index is -0.868. The number of hydrogen-bond acceptors (Lipinski definition) is 6. The topological polar surface area (TPSA) is 136 Å². The molecular formula is C44H43N7O4. The Bertz CT molecular complexity index is 2250. The Morgan fingerprint density at radius 3 is 1.73 bits per heavy atom. The number of hydrogen-bond donors (Lipinski definition) is 3. The quantitative estimate of drug-likeness (QED) is 0.132. The number of alkyl carbamates (subject to hydrolysis) is 1. The van der Waals surface area contributed by atoms with Crippen LogP contribution in [0, 0.1) is 0 Å². The zero-order chi connectivity index (χ0) is 37.7. The van der Waals surface area contributed by atoms with Crippen molar-refractivity contribution in [2.75, 3.05) is 20.2 Å². The molecule has 6 aromatic rings. The van der Waals surface area contributed by atoms with Crippen LogP contribution in [-0.4, -0.2) is 67.8 Å². The van der Waals surface area contributed by atoms with Gasteiger partial charge in [-0.05, 0) is 59.1 Å². The highest BCUT2D eigenvalue weighted by molar-refractivity contribution is 5.87. The van der Waals surface area contributed by atoms with Gasteiger partial charge in [0.15, 0.2) is 0 Å². The Morgan fingerprint density at radius 2 is 1.18 bits per heavy atom. The number of nitrogens with zero attached hydrogens (tertiary/aromatic N) is 4. The highest BCUT2D eigenvalue weighted by Gasteiger charge is 2.37. The van der Waals surface area contributed by atoms with Crippen LogP contribution < -0.4 is 5.32 Å². The second-order valence-corrected chi connectivity index (χ2v) is 14.1. The smallest absolute Gasteiger partial charge is 0.407 e. The van der Waals surface area contributed by atoms with Gasteiger partial charge < -0.3 is 29.8 Å². The number of benzene rings is 4. The molecule has 2 fully saturated rings. The summed E-state index contributed by atoms with van der Waals surface area (Å²) in [7, 11) is 1.29. The molecule has 3 amide bonds. The van der Waals surface area contributed by atoms with Gasteiger partial charge in [0.1, 0.15) is 17.7 Å². The maximum absolute atomic E-state index is 13.9. The molecule has 278 valence electrons. The molecule has 0 radical (unpaired) electrons. The van der Waals surface area contributed by atoms with Gasteiger partial charge in [0.2, 0.25) is 5.91 Å². The Balaban J connectivity index is 0.921. The number of aromatic amines is 2. The first-order valence-corrected chi connectivity index (χ1v) is 18.8. The van der Waals surface area contributed by atoms with Crippen LogP contribution in [0.25, 0.3) is 33.6 Å². The molecule has 2 aromatic heterocycles. The van der Waals surface area contributed by atoms with E-state index in [1.165, 1.54) is 7.11 Å². The minimum absolute atomic E-state index is 0.0457. The van der Waals surface area contributed by atoms with Gasteiger partial charge in [0, 0.05) is 13.1 Å². The van der Waals surface area contributed by atoms with E-state index in [9.17, 15) is 14.4 Å². The predicted octanol–water partition coefficient (Wildman–Crippen LogP) is 7.80. The van der Waals surface area contributed by atoms with E-state index in [-0.39, 0.29) is 23.9 Å². The molecule has 55 heavy (non-hydrogen) atoms. The van der Waals surface area contributed by atoms with Crippen molar-refractivity contribution in [1.29, 1.82) is 0 Å². The molecule has 0 spiro atoms. The van der Waals surface area contributed by atoms with E-state index in [1.807, 2.05) is 78.0 Å². The van der Waals surface area contributed by atoms with E-state index < -0.39 is 12.1 Å². The van der Waals surface area contributed by atoms with E-state index in [2.05, 4.69) is 63.8 Å². The van der Waals surface area contributed by atoms with Crippen molar-refractivity contribution in [2.45, 2.75) is 50.2 Å². The number of likely N-dealkylation sites (tertiary alicyclic amines) is 2. The third-order valence-corrected chi connectivity index (χ3v) is 10.7. The second-order valence-electron chi connectivity index (χ2n) is 14.1. The van der Waals surface area contributed by atoms with E-state index in [1.54, 1.807) is 4.90 Å². The summed E-state index contributed by atoms with van der Waals surface area (Å²) in [6.45, 7) is 1.31. The fraction of sp³-hybridized carbons (Fsp3) is 0.250. The van der Waals surface area contributed by atoms with Gasteiger partial charge in [0.25, 0.3) is 5.91 Å². The summed E-state index contributed by atoms with van der Waals surface area (Å²) in [5.74, 6) is 1.47. The van der Waals surface area contributed by atoms with Gasteiger partial charge in [-0.1, -0.05) is 109 Å². The van der Waals surface area contributed by atoms with Crippen LogP contribution in [0.5, 0.6) is 0 Å². The number of imidazole rings is 2. The number of H-pyrrole nitrogens is 2. The summed E-state index contributed by atoms with van der Waals surface area (Å²) in [5.41, 5.74) is 7.67. The molecule has 11 heteroatoms. The van der Waals surface area contributed by atoms with E-state index in [0.717, 1.165) is 77.3 Å². The van der Waals surface area contributed by atoms with Gasteiger partial charge in [-0.25, -0.2) is 14.8 Å². The number of ether oxygens (including phenoxy) is 1. The van der Waals surface area contributed by atoms with Crippen LogP contribution in [0.4, 0.5) is 4.79 Å². The lowest BCUT2D eigenvalue weighted by Gasteiger charge is -2.28. The number of carbonyl (C=O) groups is 3. The molecule has 0 saturated carbocycles. The van der Waals surface area contributed by atoms with Crippen LogP contribution in [0.1, 0.15) is 66.6 Å². The summed E-state index contributed by atoms with van der Waals surface area (Å²) in [5, 5.41) is 2.72. The molecule has 0 bridgehead atoms. The molecule has 0 aliphatic carbocycles. The maximum Gasteiger partial charge on any atom is 0.407 e. The minimum Gasteiger partial charge on any atom is -0.453 e. The molecule has 3 atom stereocenters. The largest absolute Gasteiger partial charge is 0.453 e. The van der Waals surface area contributed by atoms with Crippen molar-refractivity contribution < 1.29 is 19.1 Å². The van der Waals surface area contributed by atoms with Crippen molar-refractivity contribution in [3.8, 4) is 33.6 Å². The summed E-state index contributed by atoms with van der Waals surface area (Å²) < 4.78 is 4.82. The molecule has 2 saturated heterocycles. The molecule has 4 aromatic carbocycles. The Labute approximate surface area is 319 Å². The van der Waals surface area contributed by atoms with Crippen LogP contribution in [0.15, 0.2) is 122 Å². The van der Waals surface area contributed by atoms with Crippen LogP contribution >= 0.6 is 0 Å². The first-order chi connectivity index (χ1) is 26.9. The number of amides is 3. The van der Waals surface area contributed by atoms with E-state index in [4.69, 9.17) is 14.7 Å². The van der Waals surface area contributed by atoms with Gasteiger partial charge in [-0.15, -0.1) is 0 Å². The van der Waals surface area contributed by atoms with Crippen LogP contribution in [0.3, 0.4) is 0 Å². The zero-order valence-electron chi connectivity index (χ0n) is 30.7. The molecule has 2 aliphatic rings. The summed E-state index contributed by atoms with van der Waals surface area (Å²) in [6, 6.07) is 34.6. The maximum atomic E-state index is 13.9. The van der Waals surface area contributed by atoms with Crippen molar-refractivity contribution in [3.63, 3.8) is 0 Å². The van der Waals surface area contributed by atoms with Gasteiger partial charge in [-0.3, -0.25) is 9.59 Å². The zero-order valence-corrected chi connectivity index (χ0v) is 30.7. The van der Waals surface area contributed by atoms with Crippen molar-refractivity contribution in [2.24, 2.45) is 0 Å². The first-order valence-electron chi connectivity index (χ1n) is 18.8. The number of rotatable bonds is 10. The average molecular weight is 734 g/mol. The van der Waals surface area contributed by atoms with Gasteiger partial charge in [-0.2, -0.15) is 0 Å². The van der Waals surface area contributed by atoms with Crippen molar-refractivity contribution >= 4 is 17.9 Å². The fourth-order valence-electron chi connectivity index (χ4n) is 7.80. The molecule has 8 rings (SSSR count). The lowest BCUT2D eigenvalue weighted by atomic mass is 10.0. The van der Waals surface area contributed by atoms with Gasteiger partial charge >= 0.3 is 6.09 Å². The average Bonchev–Trinajstić information content (AvgIpc) is 4.08. The lowest BCUT2D eigenvalue weighted by Crippen LogP contribution is -2.42. The van der Waals surface area contributed by atoms with Crippen LogP contribution in [-0.2, 0) is 20.7 Å².